The Morgan fingerprint density at radius 2 is 1.89 bits per heavy atom. The molecular formula is C15H28N2O. The smallest absolute Gasteiger partial charge is 0.226 e. The van der Waals surface area contributed by atoms with E-state index in [2.05, 4.69) is 32.6 Å². The van der Waals surface area contributed by atoms with E-state index in [0.717, 1.165) is 32.4 Å². The van der Waals surface area contributed by atoms with E-state index in [0.29, 0.717) is 23.2 Å². The maximum Gasteiger partial charge on any atom is 0.226 e. The average Bonchev–Trinajstić information content (AvgIpc) is 2.63. The molecule has 2 rings (SSSR count). The van der Waals surface area contributed by atoms with E-state index >= 15 is 0 Å². The van der Waals surface area contributed by atoms with Gasteiger partial charge >= 0.3 is 0 Å². The van der Waals surface area contributed by atoms with Gasteiger partial charge in [-0.2, -0.15) is 0 Å². The van der Waals surface area contributed by atoms with Crippen LogP contribution in [0.2, 0.25) is 0 Å². The second-order valence-corrected chi connectivity index (χ2v) is 7.37. The number of hydrogen-bond donors (Lipinski definition) is 1. The normalized spacial score (nSPS) is 39.9. The third-order valence-corrected chi connectivity index (χ3v) is 4.99. The van der Waals surface area contributed by atoms with Crippen molar-refractivity contribution >= 4 is 5.91 Å². The molecule has 3 heteroatoms. The quantitative estimate of drug-likeness (QED) is 0.778. The van der Waals surface area contributed by atoms with Crippen LogP contribution in [-0.4, -0.2) is 29.9 Å². The Bertz CT molecular complexity index is 326. The molecule has 2 aliphatic rings. The molecule has 18 heavy (non-hydrogen) atoms. The number of rotatable bonds is 1. The van der Waals surface area contributed by atoms with Gasteiger partial charge in [0.15, 0.2) is 0 Å². The predicted molar refractivity (Wildman–Crippen MR) is 74.0 cm³/mol. The van der Waals surface area contributed by atoms with Gasteiger partial charge in [-0.1, -0.05) is 27.7 Å². The van der Waals surface area contributed by atoms with Crippen molar-refractivity contribution in [2.45, 2.75) is 53.0 Å². The highest BCUT2D eigenvalue weighted by Gasteiger charge is 2.40. The molecule has 4 atom stereocenters. The Kier molecular flexibility index (Phi) is 3.72. The zero-order valence-corrected chi connectivity index (χ0v) is 12.3. The maximum atomic E-state index is 12.6. The van der Waals surface area contributed by atoms with Crippen molar-refractivity contribution in [2.75, 3.05) is 13.1 Å². The first-order chi connectivity index (χ1) is 8.30. The van der Waals surface area contributed by atoms with Crippen LogP contribution in [0.25, 0.3) is 0 Å². The summed E-state index contributed by atoms with van der Waals surface area (Å²) < 4.78 is 0. The number of hydrogen-bond acceptors (Lipinski definition) is 2. The molecule has 2 fully saturated rings. The molecular weight excluding hydrogens is 224 g/mol. The van der Waals surface area contributed by atoms with Crippen molar-refractivity contribution in [3.63, 3.8) is 0 Å². The van der Waals surface area contributed by atoms with Gasteiger partial charge in [0.25, 0.3) is 0 Å². The van der Waals surface area contributed by atoms with Crippen molar-refractivity contribution in [3.8, 4) is 0 Å². The van der Waals surface area contributed by atoms with Crippen LogP contribution in [0.5, 0.6) is 0 Å². The van der Waals surface area contributed by atoms with Gasteiger partial charge in [-0.15, -0.1) is 0 Å². The minimum Gasteiger partial charge on any atom is -0.342 e. The van der Waals surface area contributed by atoms with Crippen molar-refractivity contribution in [1.29, 1.82) is 0 Å². The van der Waals surface area contributed by atoms with Gasteiger partial charge in [0.2, 0.25) is 5.91 Å². The summed E-state index contributed by atoms with van der Waals surface area (Å²) in [5.41, 5.74) is 6.44. The second kappa shape index (κ2) is 4.84. The highest BCUT2D eigenvalue weighted by molar-refractivity contribution is 5.79. The number of nitrogens with two attached hydrogens (primary N) is 1. The van der Waals surface area contributed by atoms with E-state index in [1.54, 1.807) is 0 Å². The minimum absolute atomic E-state index is 0.157. The first kappa shape index (κ1) is 13.9. The molecule has 0 aromatic carbocycles. The first-order valence-electron chi connectivity index (χ1n) is 7.34. The van der Waals surface area contributed by atoms with E-state index in [4.69, 9.17) is 5.73 Å². The molecule has 0 bridgehead atoms. The molecule has 1 saturated carbocycles. The molecule has 3 nitrogen and oxygen atoms in total. The Morgan fingerprint density at radius 3 is 2.44 bits per heavy atom. The number of likely N-dealkylation sites (tertiary alicyclic amines) is 1. The van der Waals surface area contributed by atoms with E-state index in [-0.39, 0.29) is 12.0 Å². The van der Waals surface area contributed by atoms with Crippen molar-refractivity contribution in [2.24, 2.45) is 28.9 Å². The third-order valence-electron chi connectivity index (χ3n) is 4.99. The second-order valence-electron chi connectivity index (χ2n) is 7.37. The zero-order valence-electron chi connectivity index (χ0n) is 12.3. The van der Waals surface area contributed by atoms with E-state index in [1.165, 1.54) is 0 Å². The fraction of sp³-hybridized carbons (Fsp3) is 0.933. The van der Waals surface area contributed by atoms with Crippen LogP contribution in [0.4, 0.5) is 0 Å². The molecule has 1 heterocycles. The minimum atomic E-state index is 0.157. The van der Waals surface area contributed by atoms with Crippen LogP contribution < -0.4 is 5.73 Å². The molecule has 2 N–H and O–H groups in total. The average molecular weight is 252 g/mol. The van der Waals surface area contributed by atoms with Crippen LogP contribution in [0, 0.1) is 23.2 Å². The monoisotopic (exact) mass is 252 g/mol. The fourth-order valence-corrected chi connectivity index (χ4v) is 3.56. The molecule has 4 unspecified atom stereocenters. The third kappa shape index (κ3) is 2.71. The number of carbonyl (C=O) groups excluding carboxylic acids is 1. The maximum absolute atomic E-state index is 12.6. The highest BCUT2D eigenvalue weighted by Crippen LogP contribution is 2.36. The largest absolute Gasteiger partial charge is 0.342 e. The molecule has 1 aliphatic heterocycles. The van der Waals surface area contributed by atoms with Gasteiger partial charge in [-0.25, -0.2) is 0 Å². The Morgan fingerprint density at radius 1 is 1.22 bits per heavy atom. The summed E-state index contributed by atoms with van der Waals surface area (Å²) in [4.78, 5) is 14.7. The summed E-state index contributed by atoms with van der Waals surface area (Å²) in [5, 5.41) is 0. The lowest BCUT2D eigenvalue weighted by Gasteiger charge is -2.38. The SMILES string of the molecule is CC1CC(C)C(C(=O)N2CCC(C)(C)C2)CC1N. The van der Waals surface area contributed by atoms with Gasteiger partial charge < -0.3 is 10.6 Å². The highest BCUT2D eigenvalue weighted by atomic mass is 16.2. The summed E-state index contributed by atoms with van der Waals surface area (Å²) in [7, 11) is 0. The van der Waals surface area contributed by atoms with Gasteiger partial charge in [-0.3, -0.25) is 4.79 Å². The molecule has 1 saturated heterocycles. The molecule has 104 valence electrons. The summed E-state index contributed by atoms with van der Waals surface area (Å²) in [6.45, 7) is 10.8. The van der Waals surface area contributed by atoms with E-state index < -0.39 is 0 Å². The van der Waals surface area contributed by atoms with Crippen molar-refractivity contribution in [3.05, 3.63) is 0 Å². The van der Waals surface area contributed by atoms with Gasteiger partial charge in [0.1, 0.15) is 0 Å². The molecule has 1 aliphatic carbocycles. The van der Waals surface area contributed by atoms with E-state index in [9.17, 15) is 4.79 Å². The van der Waals surface area contributed by atoms with Gasteiger partial charge in [0.05, 0.1) is 0 Å². The summed E-state index contributed by atoms with van der Waals surface area (Å²) in [6.07, 6.45) is 3.09. The molecule has 0 aromatic rings. The molecule has 0 aromatic heterocycles. The zero-order chi connectivity index (χ0) is 13.5. The Hall–Kier alpha value is -0.570. The van der Waals surface area contributed by atoms with Gasteiger partial charge in [0, 0.05) is 25.0 Å². The van der Waals surface area contributed by atoms with Crippen molar-refractivity contribution < 1.29 is 4.79 Å². The fourth-order valence-electron chi connectivity index (χ4n) is 3.56. The van der Waals surface area contributed by atoms with Crippen molar-refractivity contribution in [1.82, 2.24) is 4.90 Å². The Balaban J connectivity index is 2.01. The standard InChI is InChI=1S/C15H28N2O/c1-10-7-11(2)13(16)8-12(10)14(18)17-6-5-15(3,4)9-17/h10-13H,5-9,16H2,1-4H3. The Labute approximate surface area is 111 Å². The lowest BCUT2D eigenvalue weighted by atomic mass is 9.72. The van der Waals surface area contributed by atoms with Crippen LogP contribution >= 0.6 is 0 Å². The number of carbonyl (C=O) groups is 1. The number of nitrogens with zero attached hydrogens (tertiary/aromatic N) is 1. The predicted octanol–water partition coefficient (Wildman–Crippen LogP) is 2.25. The summed E-state index contributed by atoms with van der Waals surface area (Å²) in [6, 6.07) is 0.200. The van der Waals surface area contributed by atoms with E-state index in [1.807, 2.05) is 0 Å². The topological polar surface area (TPSA) is 46.3 Å². The molecule has 0 spiro atoms. The summed E-state index contributed by atoms with van der Waals surface area (Å²) in [5.74, 6) is 1.55. The van der Waals surface area contributed by atoms with Crippen LogP contribution in [-0.2, 0) is 4.79 Å². The number of amides is 1. The van der Waals surface area contributed by atoms with Crippen LogP contribution in [0.3, 0.4) is 0 Å². The van der Waals surface area contributed by atoms with Crippen LogP contribution in [0.1, 0.15) is 47.0 Å². The first-order valence-corrected chi connectivity index (χ1v) is 7.34. The molecule has 1 amide bonds. The van der Waals surface area contributed by atoms with Crippen LogP contribution in [0.15, 0.2) is 0 Å². The lowest BCUT2D eigenvalue weighted by molar-refractivity contribution is -0.138. The van der Waals surface area contributed by atoms with Gasteiger partial charge in [-0.05, 0) is 36.5 Å². The lowest BCUT2D eigenvalue weighted by Crippen LogP contribution is -2.46. The molecule has 0 radical (unpaired) electrons. The summed E-state index contributed by atoms with van der Waals surface area (Å²) >= 11 is 0.